The summed E-state index contributed by atoms with van der Waals surface area (Å²) in [5.41, 5.74) is 1.57. The first-order valence-corrected chi connectivity index (χ1v) is 8.44. The van der Waals surface area contributed by atoms with Crippen molar-refractivity contribution in [3.05, 3.63) is 61.1 Å². The molecule has 0 spiro atoms. The van der Waals surface area contributed by atoms with Crippen LogP contribution in [0.3, 0.4) is 0 Å². The van der Waals surface area contributed by atoms with Gasteiger partial charge in [0.1, 0.15) is 24.4 Å². The summed E-state index contributed by atoms with van der Waals surface area (Å²) in [5, 5.41) is 10.7. The van der Waals surface area contributed by atoms with Gasteiger partial charge in [-0.25, -0.2) is 4.79 Å². The molecule has 2 aromatic heterocycles. The highest BCUT2D eigenvalue weighted by molar-refractivity contribution is 7.16. The Morgan fingerprint density at radius 3 is 2.74 bits per heavy atom. The van der Waals surface area contributed by atoms with Gasteiger partial charge < -0.3 is 14.4 Å². The van der Waals surface area contributed by atoms with Crippen LogP contribution in [0.1, 0.15) is 16.0 Å². The molecule has 1 unspecified atom stereocenters. The fourth-order valence-corrected chi connectivity index (χ4v) is 3.90. The lowest BCUT2D eigenvalue weighted by Crippen LogP contribution is -3.06. The maximum absolute atomic E-state index is 11.8. The Morgan fingerprint density at radius 1 is 1.26 bits per heavy atom. The number of hydrogen-bond acceptors (Lipinski definition) is 4. The zero-order valence-electron chi connectivity index (χ0n) is 12.9. The minimum absolute atomic E-state index is 0.131. The van der Waals surface area contributed by atoms with E-state index in [2.05, 4.69) is 7.05 Å². The minimum Gasteiger partial charge on any atom is -0.508 e. The number of rotatable bonds is 4. The zero-order valence-corrected chi connectivity index (χ0v) is 14.4. The second kappa shape index (κ2) is 6.35. The molecule has 2 heterocycles. The molecule has 1 aromatic carbocycles. The molecule has 3 aromatic rings. The Kier molecular flexibility index (Phi) is 4.43. The van der Waals surface area contributed by atoms with E-state index in [-0.39, 0.29) is 5.75 Å². The summed E-state index contributed by atoms with van der Waals surface area (Å²) < 4.78 is 6.06. The molecule has 0 radical (unpaired) electrons. The summed E-state index contributed by atoms with van der Waals surface area (Å²) in [6, 6.07) is 8.88. The van der Waals surface area contributed by atoms with Gasteiger partial charge >= 0.3 is 5.63 Å². The molecule has 120 valence electrons. The van der Waals surface area contributed by atoms with Gasteiger partial charge in [-0.05, 0) is 31.2 Å². The normalized spacial score (nSPS) is 12.7. The van der Waals surface area contributed by atoms with Gasteiger partial charge in [0.2, 0.25) is 0 Å². The van der Waals surface area contributed by atoms with Gasteiger partial charge in [0.05, 0.1) is 16.3 Å². The number of aromatic hydroxyl groups is 1. The summed E-state index contributed by atoms with van der Waals surface area (Å²) in [4.78, 5) is 14.3. The number of nitrogens with one attached hydrogen (secondary N) is 1. The maximum Gasteiger partial charge on any atom is 0.336 e. The van der Waals surface area contributed by atoms with Crippen LogP contribution in [0.25, 0.3) is 11.0 Å². The molecule has 0 bridgehead atoms. The van der Waals surface area contributed by atoms with Gasteiger partial charge in [0.25, 0.3) is 0 Å². The summed E-state index contributed by atoms with van der Waals surface area (Å²) in [6.07, 6.45) is 0. The van der Waals surface area contributed by atoms with E-state index in [0.717, 1.165) is 21.8 Å². The highest BCUT2D eigenvalue weighted by Crippen LogP contribution is 2.27. The van der Waals surface area contributed by atoms with E-state index >= 15 is 0 Å². The number of fused-ring (bicyclic) bond motifs is 1. The number of halogens is 1. The Bertz CT molecular complexity index is 916. The van der Waals surface area contributed by atoms with Gasteiger partial charge in [0, 0.05) is 22.6 Å². The predicted molar refractivity (Wildman–Crippen MR) is 92.5 cm³/mol. The van der Waals surface area contributed by atoms with Crippen LogP contribution in [0.2, 0.25) is 4.34 Å². The maximum atomic E-state index is 11.8. The van der Waals surface area contributed by atoms with E-state index in [1.54, 1.807) is 30.4 Å². The molecule has 6 heteroatoms. The molecule has 4 nitrogen and oxygen atoms in total. The van der Waals surface area contributed by atoms with Crippen molar-refractivity contribution in [1.82, 2.24) is 0 Å². The molecule has 3 rings (SSSR count). The van der Waals surface area contributed by atoms with Crippen LogP contribution in [0, 0.1) is 6.92 Å². The number of quaternary nitrogens is 1. The molecule has 0 aliphatic carbocycles. The van der Waals surface area contributed by atoms with Crippen LogP contribution >= 0.6 is 22.9 Å². The number of hydrogen-bond donors (Lipinski definition) is 2. The number of aryl methyl sites for hydroxylation is 1. The second-order valence-corrected chi connectivity index (χ2v) is 7.49. The van der Waals surface area contributed by atoms with Gasteiger partial charge in [-0.15, -0.1) is 11.3 Å². The van der Waals surface area contributed by atoms with E-state index in [9.17, 15) is 9.90 Å². The van der Waals surface area contributed by atoms with E-state index in [1.165, 1.54) is 15.8 Å². The molecule has 1 atom stereocenters. The lowest BCUT2D eigenvalue weighted by molar-refractivity contribution is -0.907. The molecule has 23 heavy (non-hydrogen) atoms. The number of benzene rings is 1. The Morgan fingerprint density at radius 2 is 2.04 bits per heavy atom. The highest BCUT2D eigenvalue weighted by Gasteiger charge is 2.14. The van der Waals surface area contributed by atoms with Crippen molar-refractivity contribution in [1.29, 1.82) is 0 Å². The molecule has 0 saturated carbocycles. The molecule has 0 aliphatic rings. The first-order valence-electron chi connectivity index (χ1n) is 7.25. The quantitative estimate of drug-likeness (QED) is 0.711. The Balaban J connectivity index is 1.93. The third kappa shape index (κ3) is 3.42. The number of thiophene rings is 1. The summed E-state index contributed by atoms with van der Waals surface area (Å²) in [6.45, 7) is 3.26. The third-order valence-corrected chi connectivity index (χ3v) is 5.05. The Labute approximate surface area is 142 Å². The standard InChI is InChI=1S/C17H16ClNO3S/c1-10-14(20)5-4-13-11(7-16(21)22-17(10)13)8-19(2)9-12-3-6-15(18)23-12/h3-7,20H,8-9H2,1-2H3/p+1. The lowest BCUT2D eigenvalue weighted by Gasteiger charge is -2.14. The third-order valence-electron chi connectivity index (χ3n) is 3.82. The SMILES string of the molecule is Cc1c(O)ccc2c(C[NH+](C)Cc3ccc(Cl)s3)cc(=O)oc12. The van der Waals surface area contributed by atoms with Crippen molar-refractivity contribution in [2.45, 2.75) is 20.0 Å². The van der Waals surface area contributed by atoms with Crippen molar-refractivity contribution in [2.75, 3.05) is 7.05 Å². The fraction of sp³-hybridized carbons (Fsp3) is 0.235. The smallest absolute Gasteiger partial charge is 0.336 e. The van der Waals surface area contributed by atoms with E-state index < -0.39 is 5.63 Å². The van der Waals surface area contributed by atoms with Crippen molar-refractivity contribution in [3.8, 4) is 5.75 Å². The number of phenols is 1. The second-order valence-electron chi connectivity index (χ2n) is 5.69. The summed E-state index contributed by atoms with van der Waals surface area (Å²) in [7, 11) is 2.07. The van der Waals surface area contributed by atoms with Crippen LogP contribution in [-0.2, 0) is 13.1 Å². The van der Waals surface area contributed by atoms with Crippen LogP contribution in [-0.4, -0.2) is 12.2 Å². The highest BCUT2D eigenvalue weighted by atomic mass is 35.5. The molecule has 0 saturated heterocycles. The minimum atomic E-state index is -0.395. The van der Waals surface area contributed by atoms with Crippen LogP contribution in [0.15, 0.2) is 39.5 Å². The van der Waals surface area contributed by atoms with Gasteiger partial charge in [-0.3, -0.25) is 0 Å². The molecule has 0 amide bonds. The van der Waals surface area contributed by atoms with Crippen molar-refractivity contribution in [2.24, 2.45) is 0 Å². The fourth-order valence-electron chi connectivity index (χ4n) is 2.69. The topological polar surface area (TPSA) is 54.9 Å². The molecule has 0 fully saturated rings. The lowest BCUT2D eigenvalue weighted by atomic mass is 10.1. The molecule has 2 N–H and O–H groups in total. The van der Waals surface area contributed by atoms with E-state index in [1.807, 2.05) is 12.1 Å². The first kappa shape index (κ1) is 16.1. The van der Waals surface area contributed by atoms with Gasteiger partial charge in [-0.2, -0.15) is 0 Å². The van der Waals surface area contributed by atoms with Crippen molar-refractivity contribution < 1.29 is 14.4 Å². The monoisotopic (exact) mass is 350 g/mol. The van der Waals surface area contributed by atoms with Gasteiger partial charge in [-0.1, -0.05) is 11.6 Å². The van der Waals surface area contributed by atoms with Gasteiger partial charge in [0.15, 0.2) is 0 Å². The van der Waals surface area contributed by atoms with Crippen molar-refractivity contribution >= 4 is 33.9 Å². The summed E-state index contributed by atoms with van der Waals surface area (Å²) in [5.74, 6) is 0.131. The summed E-state index contributed by atoms with van der Waals surface area (Å²) >= 11 is 7.54. The Hall–Kier alpha value is -1.82. The van der Waals surface area contributed by atoms with Crippen LogP contribution in [0.5, 0.6) is 5.75 Å². The van der Waals surface area contributed by atoms with E-state index in [0.29, 0.717) is 17.7 Å². The molecule has 0 aliphatic heterocycles. The van der Waals surface area contributed by atoms with E-state index in [4.69, 9.17) is 16.0 Å². The van der Waals surface area contributed by atoms with Crippen molar-refractivity contribution in [3.63, 3.8) is 0 Å². The average molecular weight is 351 g/mol. The largest absolute Gasteiger partial charge is 0.508 e. The zero-order chi connectivity index (χ0) is 16.6. The van der Waals surface area contributed by atoms with Crippen LogP contribution in [0.4, 0.5) is 0 Å². The predicted octanol–water partition coefficient (Wildman–Crippen LogP) is 2.74. The number of phenolic OH excluding ortho intramolecular Hbond substituents is 1. The van der Waals surface area contributed by atoms with Crippen LogP contribution < -0.4 is 10.5 Å². The molecular formula is C17H17ClNO3S+. The molecular weight excluding hydrogens is 334 g/mol. The average Bonchev–Trinajstić information content (AvgIpc) is 2.88. The first-order chi connectivity index (χ1) is 10.9.